The zero-order valence-corrected chi connectivity index (χ0v) is 11.1. The molecule has 0 atom stereocenters. The van der Waals surface area contributed by atoms with Gasteiger partial charge in [0.05, 0.1) is 11.1 Å². The molecule has 22 heavy (non-hydrogen) atoms. The highest BCUT2D eigenvalue weighted by molar-refractivity contribution is 6.21. The Hall–Kier alpha value is -3.28. The number of cyclic esters (lactones) is 4. The smallest absolute Gasteiger partial charge is 0.347 e. The zero-order valence-electron chi connectivity index (χ0n) is 11.1. The van der Waals surface area contributed by atoms with Gasteiger partial charge in [-0.1, -0.05) is 30.3 Å². The summed E-state index contributed by atoms with van der Waals surface area (Å²) in [4.78, 5) is 42.6. The fourth-order valence-electron chi connectivity index (χ4n) is 2.16. The molecular weight excluding hydrogens is 288 g/mol. The van der Waals surface area contributed by atoms with Crippen LogP contribution in [0.2, 0.25) is 0 Å². The molecule has 2 heterocycles. The zero-order chi connectivity index (χ0) is 15.7. The van der Waals surface area contributed by atoms with Crippen LogP contribution in [-0.4, -0.2) is 23.9 Å². The summed E-state index contributed by atoms with van der Waals surface area (Å²) in [6.07, 6.45) is 2.17. The number of hydrogen-bond donors (Lipinski definition) is 0. The largest absolute Gasteiger partial charge is 0.387 e. The van der Waals surface area contributed by atoms with Gasteiger partial charge in [0, 0.05) is 12.2 Å². The van der Waals surface area contributed by atoms with Gasteiger partial charge >= 0.3 is 23.9 Å². The molecule has 0 fully saturated rings. The Bertz CT molecular complexity index is 846. The van der Waals surface area contributed by atoms with Crippen LogP contribution in [0.1, 0.15) is 20.7 Å². The monoisotopic (exact) mass is 296 g/mol. The van der Waals surface area contributed by atoms with E-state index in [0.717, 1.165) is 22.9 Å². The fourth-order valence-corrected chi connectivity index (χ4v) is 2.16. The van der Waals surface area contributed by atoms with Crippen LogP contribution < -0.4 is 0 Å². The first-order chi connectivity index (χ1) is 10.6. The highest BCUT2D eigenvalue weighted by atomic mass is 16.6. The number of hydrogen-bond acceptors (Lipinski definition) is 6. The number of benzene rings is 2. The molecule has 0 aromatic heterocycles. The maximum atomic E-state index is 11.4. The summed E-state index contributed by atoms with van der Waals surface area (Å²) in [6, 6.07) is 10.9. The topological polar surface area (TPSA) is 86.7 Å². The molecule has 0 saturated heterocycles. The van der Waals surface area contributed by atoms with E-state index >= 15 is 0 Å². The lowest BCUT2D eigenvalue weighted by molar-refractivity contribution is -0.150. The van der Waals surface area contributed by atoms with E-state index < -0.39 is 23.9 Å². The molecule has 0 N–H and O–H groups in total. The van der Waals surface area contributed by atoms with Crippen molar-refractivity contribution in [1.29, 1.82) is 0 Å². The second-order valence-corrected chi connectivity index (χ2v) is 4.46. The number of fused-ring (bicyclic) bond motifs is 3. The van der Waals surface area contributed by atoms with E-state index in [1.54, 1.807) is 6.07 Å². The van der Waals surface area contributed by atoms with Crippen LogP contribution in [-0.2, 0) is 19.1 Å². The second kappa shape index (κ2) is 5.25. The summed E-state index contributed by atoms with van der Waals surface area (Å²) < 4.78 is 8.53. The minimum absolute atomic E-state index is 0.360. The van der Waals surface area contributed by atoms with Crippen molar-refractivity contribution in [1.82, 2.24) is 0 Å². The molecule has 4 rings (SSSR count). The molecule has 0 saturated carbocycles. The Kier molecular flexibility index (Phi) is 3.27. The van der Waals surface area contributed by atoms with Crippen LogP contribution in [0, 0.1) is 0 Å². The first-order valence-corrected chi connectivity index (χ1v) is 6.28. The molecule has 6 nitrogen and oxygen atoms in total. The van der Waals surface area contributed by atoms with E-state index in [4.69, 9.17) is 0 Å². The Balaban J connectivity index is 0.000000174. The average molecular weight is 296 g/mol. The van der Waals surface area contributed by atoms with Gasteiger partial charge < -0.3 is 9.47 Å². The molecular formula is C16H8O6. The molecule has 2 aromatic carbocycles. The summed E-state index contributed by atoms with van der Waals surface area (Å²) in [5.41, 5.74) is 0.747. The summed E-state index contributed by atoms with van der Waals surface area (Å²) >= 11 is 0. The van der Waals surface area contributed by atoms with Crippen molar-refractivity contribution in [3.8, 4) is 0 Å². The van der Waals surface area contributed by atoms with Crippen molar-refractivity contribution >= 4 is 34.6 Å². The molecule has 0 amide bonds. The van der Waals surface area contributed by atoms with Gasteiger partial charge in [0.1, 0.15) is 0 Å². The van der Waals surface area contributed by atoms with Gasteiger partial charge in [0.2, 0.25) is 0 Å². The molecule has 0 bridgehead atoms. The number of esters is 4. The van der Waals surface area contributed by atoms with Crippen molar-refractivity contribution < 1.29 is 28.7 Å². The van der Waals surface area contributed by atoms with Gasteiger partial charge in [-0.3, -0.25) is 0 Å². The van der Waals surface area contributed by atoms with Crippen LogP contribution in [0.15, 0.2) is 48.6 Å². The minimum Gasteiger partial charge on any atom is -0.387 e. The van der Waals surface area contributed by atoms with Crippen molar-refractivity contribution in [3.05, 3.63) is 59.7 Å². The molecule has 108 valence electrons. The molecule has 6 heteroatoms. The Labute approximate surface area is 123 Å². The van der Waals surface area contributed by atoms with Gasteiger partial charge in [-0.05, 0) is 16.8 Å². The molecule has 0 spiro atoms. The van der Waals surface area contributed by atoms with Gasteiger partial charge in [0.15, 0.2) is 0 Å². The minimum atomic E-state index is -0.579. The lowest BCUT2D eigenvalue weighted by Crippen LogP contribution is -1.97. The molecule has 0 aliphatic carbocycles. The quantitative estimate of drug-likeness (QED) is 0.544. The van der Waals surface area contributed by atoms with Crippen molar-refractivity contribution in [2.75, 3.05) is 0 Å². The Morgan fingerprint density at radius 1 is 0.682 bits per heavy atom. The number of ether oxygens (including phenoxy) is 2. The maximum absolute atomic E-state index is 11.4. The molecule has 2 aliphatic heterocycles. The van der Waals surface area contributed by atoms with E-state index in [1.165, 1.54) is 0 Å². The summed E-state index contributed by atoms with van der Waals surface area (Å²) in [5, 5.41) is 1.70. The fraction of sp³-hybridized carbons (Fsp3) is 0. The van der Waals surface area contributed by atoms with Crippen molar-refractivity contribution in [2.24, 2.45) is 0 Å². The van der Waals surface area contributed by atoms with E-state index in [9.17, 15) is 19.2 Å². The van der Waals surface area contributed by atoms with Crippen LogP contribution in [0.3, 0.4) is 0 Å². The third-order valence-electron chi connectivity index (χ3n) is 3.10. The SMILES string of the molecule is O=C1C=CC(=O)O1.O=C1OC(=O)c2c1ccc1ccccc21. The van der Waals surface area contributed by atoms with Crippen LogP contribution in [0.4, 0.5) is 0 Å². The predicted octanol–water partition coefficient (Wildman–Crippen LogP) is 1.78. The normalized spacial score (nSPS) is 15.3. The van der Waals surface area contributed by atoms with Crippen LogP contribution in [0.5, 0.6) is 0 Å². The number of carbonyl (C=O) groups excluding carboxylic acids is 4. The second-order valence-electron chi connectivity index (χ2n) is 4.46. The third kappa shape index (κ3) is 2.37. The lowest BCUT2D eigenvalue weighted by atomic mass is 10.0. The standard InChI is InChI=1S/C12H6O3.C4H2O3/c13-11-9-6-5-7-3-1-2-4-8(7)10(9)12(14)15-11;5-3-1-2-4(6)7-3/h1-6H;1-2H. The third-order valence-corrected chi connectivity index (χ3v) is 3.10. The van der Waals surface area contributed by atoms with E-state index in [1.807, 2.05) is 30.3 Å². The van der Waals surface area contributed by atoms with E-state index in [-0.39, 0.29) is 0 Å². The predicted molar refractivity (Wildman–Crippen MR) is 73.9 cm³/mol. The Morgan fingerprint density at radius 2 is 1.36 bits per heavy atom. The first kappa shape index (κ1) is 13.7. The summed E-state index contributed by atoms with van der Waals surface area (Å²) in [7, 11) is 0. The molecule has 0 radical (unpaired) electrons. The van der Waals surface area contributed by atoms with Gasteiger partial charge in [-0.15, -0.1) is 0 Å². The average Bonchev–Trinajstić information content (AvgIpc) is 3.02. The van der Waals surface area contributed by atoms with Crippen LogP contribution >= 0.6 is 0 Å². The van der Waals surface area contributed by atoms with Crippen molar-refractivity contribution in [3.63, 3.8) is 0 Å². The highest BCUT2D eigenvalue weighted by Crippen LogP contribution is 2.28. The molecule has 2 aliphatic rings. The van der Waals surface area contributed by atoms with Gasteiger partial charge in [0.25, 0.3) is 0 Å². The van der Waals surface area contributed by atoms with Gasteiger partial charge in [-0.2, -0.15) is 0 Å². The van der Waals surface area contributed by atoms with E-state index in [0.29, 0.717) is 11.1 Å². The number of rotatable bonds is 0. The van der Waals surface area contributed by atoms with Gasteiger partial charge in [-0.25, -0.2) is 19.2 Å². The van der Waals surface area contributed by atoms with Crippen LogP contribution in [0.25, 0.3) is 10.8 Å². The Morgan fingerprint density at radius 3 is 2.00 bits per heavy atom. The van der Waals surface area contributed by atoms with Crippen molar-refractivity contribution in [2.45, 2.75) is 0 Å². The summed E-state index contributed by atoms with van der Waals surface area (Å²) in [6.45, 7) is 0. The summed E-state index contributed by atoms with van der Waals surface area (Å²) in [5.74, 6) is -2.26. The molecule has 0 unspecified atom stereocenters. The van der Waals surface area contributed by atoms with E-state index in [2.05, 4.69) is 9.47 Å². The number of carbonyl (C=O) groups is 4. The lowest BCUT2D eigenvalue weighted by Gasteiger charge is -1.99. The maximum Gasteiger partial charge on any atom is 0.347 e. The molecule has 2 aromatic rings. The highest BCUT2D eigenvalue weighted by Gasteiger charge is 2.31. The first-order valence-electron chi connectivity index (χ1n) is 6.28.